The van der Waals surface area contributed by atoms with Crippen molar-refractivity contribution in [3.05, 3.63) is 0 Å². The Morgan fingerprint density at radius 3 is 2.53 bits per heavy atom. The Balaban J connectivity index is 2.16. The first kappa shape index (κ1) is 14.8. The number of hydrogen-bond acceptors (Lipinski definition) is 3. The van der Waals surface area contributed by atoms with Gasteiger partial charge in [0, 0.05) is 17.8 Å². The van der Waals surface area contributed by atoms with Crippen molar-refractivity contribution in [2.75, 3.05) is 25.9 Å². The van der Waals surface area contributed by atoms with Crippen molar-refractivity contribution >= 4 is 17.7 Å². The third-order valence-corrected chi connectivity index (χ3v) is 4.81. The predicted molar refractivity (Wildman–Crippen MR) is 75.4 cm³/mol. The lowest BCUT2D eigenvalue weighted by molar-refractivity contribution is -0.120. The first-order valence-corrected chi connectivity index (χ1v) is 7.83. The lowest BCUT2D eigenvalue weighted by Crippen LogP contribution is -2.41. The van der Waals surface area contributed by atoms with Crippen LogP contribution in [0.2, 0.25) is 0 Å². The van der Waals surface area contributed by atoms with Gasteiger partial charge in [-0.1, -0.05) is 26.7 Å². The number of carbonyl (C=O) groups is 1. The van der Waals surface area contributed by atoms with Crippen molar-refractivity contribution in [3.63, 3.8) is 0 Å². The van der Waals surface area contributed by atoms with Crippen LogP contribution in [0, 0.1) is 5.92 Å². The van der Waals surface area contributed by atoms with E-state index in [4.69, 9.17) is 0 Å². The molecule has 1 aliphatic rings. The van der Waals surface area contributed by atoms with Crippen molar-refractivity contribution in [2.45, 2.75) is 44.3 Å². The maximum absolute atomic E-state index is 11.5. The van der Waals surface area contributed by atoms with E-state index < -0.39 is 0 Å². The second-order valence-corrected chi connectivity index (χ2v) is 6.67. The monoisotopic (exact) mass is 258 g/mol. The highest BCUT2D eigenvalue weighted by atomic mass is 32.2. The van der Waals surface area contributed by atoms with Gasteiger partial charge in [-0.15, -0.1) is 0 Å². The van der Waals surface area contributed by atoms with Crippen LogP contribution < -0.4 is 10.6 Å². The molecule has 1 amide bonds. The van der Waals surface area contributed by atoms with Gasteiger partial charge < -0.3 is 10.6 Å². The minimum absolute atomic E-state index is 0.118. The molecule has 4 heteroatoms. The van der Waals surface area contributed by atoms with Gasteiger partial charge in [0.05, 0.1) is 6.54 Å². The summed E-state index contributed by atoms with van der Waals surface area (Å²) in [6.45, 7) is 6.40. The summed E-state index contributed by atoms with van der Waals surface area (Å²) in [5, 5.41) is 6.24. The molecule has 2 N–H and O–H groups in total. The molecule has 0 aliphatic heterocycles. The maximum atomic E-state index is 11.5. The molecule has 0 heterocycles. The number of rotatable bonds is 7. The van der Waals surface area contributed by atoms with Crippen LogP contribution in [0.15, 0.2) is 0 Å². The van der Waals surface area contributed by atoms with Crippen molar-refractivity contribution < 1.29 is 4.79 Å². The average Bonchev–Trinajstić information content (AvgIpc) is 2.76. The molecular weight excluding hydrogens is 232 g/mol. The largest absolute Gasteiger partial charge is 0.355 e. The van der Waals surface area contributed by atoms with Crippen molar-refractivity contribution in [3.8, 4) is 0 Å². The highest BCUT2D eigenvalue weighted by Gasteiger charge is 2.32. The Bertz CT molecular complexity index is 238. The molecule has 0 aromatic heterocycles. The summed E-state index contributed by atoms with van der Waals surface area (Å²) < 4.78 is 0.387. The third kappa shape index (κ3) is 5.30. The molecule has 1 aliphatic carbocycles. The van der Waals surface area contributed by atoms with Crippen LogP contribution in [-0.2, 0) is 4.79 Å². The van der Waals surface area contributed by atoms with Gasteiger partial charge in [-0.25, -0.2) is 0 Å². The van der Waals surface area contributed by atoms with E-state index in [9.17, 15) is 4.79 Å². The average molecular weight is 258 g/mol. The van der Waals surface area contributed by atoms with E-state index in [2.05, 4.69) is 30.7 Å². The fourth-order valence-electron chi connectivity index (χ4n) is 2.26. The van der Waals surface area contributed by atoms with Crippen LogP contribution in [0.3, 0.4) is 0 Å². The number of amides is 1. The molecule has 0 atom stereocenters. The highest BCUT2D eigenvalue weighted by molar-refractivity contribution is 8.00. The van der Waals surface area contributed by atoms with Gasteiger partial charge in [0.1, 0.15) is 0 Å². The molecule has 0 spiro atoms. The standard InChI is InChI=1S/C13H26N2OS/c1-11(2)8-15-12(16)9-14-10-13(17-3)6-4-5-7-13/h11,14H,4-10H2,1-3H3,(H,15,16). The predicted octanol–water partition coefficient (Wildman–Crippen LogP) is 2.02. The van der Waals surface area contributed by atoms with Crippen LogP contribution >= 0.6 is 11.8 Å². The van der Waals surface area contributed by atoms with E-state index in [-0.39, 0.29) is 5.91 Å². The van der Waals surface area contributed by atoms with Crippen molar-refractivity contribution in [1.82, 2.24) is 10.6 Å². The van der Waals surface area contributed by atoms with Crippen LogP contribution in [0.4, 0.5) is 0 Å². The lowest BCUT2D eigenvalue weighted by Gasteiger charge is -2.26. The number of thioether (sulfide) groups is 1. The molecule has 0 unspecified atom stereocenters. The van der Waals surface area contributed by atoms with Crippen molar-refractivity contribution in [1.29, 1.82) is 0 Å². The van der Waals surface area contributed by atoms with E-state index in [1.807, 2.05) is 11.8 Å². The van der Waals surface area contributed by atoms with E-state index in [1.165, 1.54) is 25.7 Å². The summed E-state index contributed by atoms with van der Waals surface area (Å²) in [5.41, 5.74) is 0. The van der Waals surface area contributed by atoms with E-state index in [0.717, 1.165) is 13.1 Å². The summed E-state index contributed by atoms with van der Waals surface area (Å²) >= 11 is 1.96. The molecule has 0 bridgehead atoms. The zero-order valence-corrected chi connectivity index (χ0v) is 12.2. The molecule has 0 aromatic rings. The molecule has 0 aromatic carbocycles. The maximum Gasteiger partial charge on any atom is 0.233 e. The summed E-state index contributed by atoms with van der Waals surface area (Å²) in [6, 6.07) is 0. The first-order chi connectivity index (χ1) is 8.08. The Morgan fingerprint density at radius 2 is 2.00 bits per heavy atom. The summed E-state index contributed by atoms with van der Waals surface area (Å²) in [5.74, 6) is 0.638. The first-order valence-electron chi connectivity index (χ1n) is 6.60. The van der Waals surface area contributed by atoms with Crippen LogP contribution in [0.25, 0.3) is 0 Å². The van der Waals surface area contributed by atoms with E-state index in [0.29, 0.717) is 17.2 Å². The molecule has 1 rings (SSSR count). The third-order valence-electron chi connectivity index (χ3n) is 3.39. The molecular formula is C13H26N2OS. The SMILES string of the molecule is CSC1(CNCC(=O)NCC(C)C)CCCC1. The van der Waals surface area contributed by atoms with Gasteiger partial charge in [0.15, 0.2) is 0 Å². The molecule has 0 saturated heterocycles. The van der Waals surface area contributed by atoms with Crippen LogP contribution in [0.1, 0.15) is 39.5 Å². The molecule has 1 fully saturated rings. The van der Waals surface area contributed by atoms with Gasteiger partial charge in [0.25, 0.3) is 0 Å². The number of nitrogens with one attached hydrogen (secondary N) is 2. The zero-order chi connectivity index (χ0) is 12.7. The van der Waals surface area contributed by atoms with Crippen LogP contribution in [-0.4, -0.2) is 36.5 Å². The zero-order valence-electron chi connectivity index (χ0n) is 11.3. The van der Waals surface area contributed by atoms with E-state index in [1.54, 1.807) is 0 Å². The van der Waals surface area contributed by atoms with Crippen molar-refractivity contribution in [2.24, 2.45) is 5.92 Å². The molecule has 100 valence electrons. The van der Waals surface area contributed by atoms with Gasteiger partial charge >= 0.3 is 0 Å². The van der Waals surface area contributed by atoms with Crippen LogP contribution in [0.5, 0.6) is 0 Å². The molecule has 1 saturated carbocycles. The minimum atomic E-state index is 0.118. The molecule has 0 radical (unpaired) electrons. The normalized spacial score (nSPS) is 18.6. The molecule has 3 nitrogen and oxygen atoms in total. The Hall–Kier alpha value is -0.220. The van der Waals surface area contributed by atoms with Gasteiger partial charge in [-0.2, -0.15) is 11.8 Å². The quantitative estimate of drug-likeness (QED) is 0.734. The van der Waals surface area contributed by atoms with Gasteiger partial charge in [0.2, 0.25) is 5.91 Å². The second kappa shape index (κ2) is 7.27. The Morgan fingerprint density at radius 1 is 1.35 bits per heavy atom. The lowest BCUT2D eigenvalue weighted by atomic mass is 10.1. The summed E-state index contributed by atoms with van der Waals surface area (Å²) in [4.78, 5) is 11.5. The Kier molecular flexibility index (Phi) is 6.34. The fraction of sp³-hybridized carbons (Fsp3) is 0.923. The molecule has 17 heavy (non-hydrogen) atoms. The van der Waals surface area contributed by atoms with Gasteiger partial charge in [-0.05, 0) is 25.0 Å². The van der Waals surface area contributed by atoms with E-state index >= 15 is 0 Å². The second-order valence-electron chi connectivity index (χ2n) is 5.40. The fourth-order valence-corrected chi connectivity index (χ4v) is 3.20. The summed E-state index contributed by atoms with van der Waals surface area (Å²) in [7, 11) is 0. The Labute approximate surface area is 109 Å². The van der Waals surface area contributed by atoms with Gasteiger partial charge in [-0.3, -0.25) is 4.79 Å². The minimum Gasteiger partial charge on any atom is -0.355 e. The number of carbonyl (C=O) groups excluding carboxylic acids is 1. The smallest absolute Gasteiger partial charge is 0.233 e. The highest BCUT2D eigenvalue weighted by Crippen LogP contribution is 2.39. The summed E-state index contributed by atoms with van der Waals surface area (Å²) in [6.07, 6.45) is 7.43. The number of hydrogen-bond donors (Lipinski definition) is 2. The topological polar surface area (TPSA) is 41.1 Å².